The van der Waals surface area contributed by atoms with Gasteiger partial charge >= 0.3 is 0 Å². The monoisotopic (exact) mass is 490 g/mol. The Kier molecular flexibility index (Phi) is 8.60. The van der Waals surface area contributed by atoms with Crippen LogP contribution in [0.3, 0.4) is 0 Å². The Balaban J connectivity index is 1.44. The number of carbonyl (C=O) groups is 1. The average Bonchev–Trinajstić information content (AvgIpc) is 2.90. The van der Waals surface area contributed by atoms with Gasteiger partial charge in [0.1, 0.15) is 17.3 Å². The van der Waals surface area contributed by atoms with Gasteiger partial charge in [-0.1, -0.05) is 36.4 Å². The summed E-state index contributed by atoms with van der Waals surface area (Å²) in [7, 11) is 3.32. The van der Waals surface area contributed by atoms with E-state index in [1.165, 1.54) is 6.07 Å². The first-order chi connectivity index (χ1) is 17.4. The molecule has 2 atom stereocenters. The Morgan fingerprint density at radius 1 is 0.972 bits per heavy atom. The molecule has 5 nitrogen and oxygen atoms in total. The molecule has 6 heteroatoms. The summed E-state index contributed by atoms with van der Waals surface area (Å²) in [5, 5.41) is 3.15. The van der Waals surface area contributed by atoms with Crippen LogP contribution in [0.25, 0.3) is 0 Å². The van der Waals surface area contributed by atoms with Gasteiger partial charge in [0.05, 0.1) is 20.1 Å². The van der Waals surface area contributed by atoms with Gasteiger partial charge in [0.15, 0.2) is 0 Å². The summed E-state index contributed by atoms with van der Waals surface area (Å²) in [6.45, 7) is 4.60. The number of ether oxygens (including phenoxy) is 2. The van der Waals surface area contributed by atoms with Crippen molar-refractivity contribution in [3.05, 3.63) is 94.8 Å². The third-order valence-corrected chi connectivity index (χ3v) is 6.96. The first-order valence-electron chi connectivity index (χ1n) is 12.5. The van der Waals surface area contributed by atoms with E-state index in [0.717, 1.165) is 54.1 Å². The molecule has 0 spiro atoms. The van der Waals surface area contributed by atoms with Crippen LogP contribution in [-0.2, 0) is 17.8 Å². The van der Waals surface area contributed by atoms with E-state index >= 15 is 0 Å². The van der Waals surface area contributed by atoms with Crippen molar-refractivity contribution in [1.29, 1.82) is 0 Å². The summed E-state index contributed by atoms with van der Waals surface area (Å²) in [5.74, 6) is 1.53. The number of carbonyl (C=O) groups excluding carboxylic acids is 1. The van der Waals surface area contributed by atoms with Crippen molar-refractivity contribution in [2.24, 2.45) is 5.92 Å². The summed E-state index contributed by atoms with van der Waals surface area (Å²) in [5.41, 5.74) is 4.01. The zero-order valence-electron chi connectivity index (χ0n) is 21.3. The molecule has 0 saturated carbocycles. The van der Waals surface area contributed by atoms with Crippen molar-refractivity contribution in [2.45, 2.75) is 32.2 Å². The van der Waals surface area contributed by atoms with Gasteiger partial charge in [0.25, 0.3) is 0 Å². The molecule has 1 amide bonds. The van der Waals surface area contributed by atoms with Crippen molar-refractivity contribution < 1.29 is 18.7 Å². The molecule has 0 unspecified atom stereocenters. The van der Waals surface area contributed by atoms with E-state index in [0.29, 0.717) is 18.7 Å². The van der Waals surface area contributed by atoms with Crippen molar-refractivity contribution in [1.82, 2.24) is 10.2 Å². The average molecular weight is 491 g/mol. The molecule has 1 heterocycles. The summed E-state index contributed by atoms with van der Waals surface area (Å²) in [4.78, 5) is 15.6. The van der Waals surface area contributed by atoms with Crippen molar-refractivity contribution in [3.63, 3.8) is 0 Å². The van der Waals surface area contributed by atoms with Gasteiger partial charge < -0.3 is 14.8 Å². The second-order valence-electron chi connectivity index (χ2n) is 9.57. The van der Waals surface area contributed by atoms with E-state index in [4.69, 9.17) is 9.47 Å². The van der Waals surface area contributed by atoms with Crippen molar-refractivity contribution in [2.75, 3.05) is 33.9 Å². The van der Waals surface area contributed by atoms with E-state index < -0.39 is 0 Å². The lowest BCUT2D eigenvalue weighted by molar-refractivity contribution is -0.127. The molecule has 190 valence electrons. The summed E-state index contributed by atoms with van der Waals surface area (Å²) >= 11 is 0. The van der Waals surface area contributed by atoms with Gasteiger partial charge in [-0.15, -0.1) is 0 Å². The first-order valence-corrected chi connectivity index (χ1v) is 12.5. The Hall–Kier alpha value is -3.38. The fourth-order valence-electron chi connectivity index (χ4n) is 4.97. The number of methoxy groups -OCH3 is 2. The topological polar surface area (TPSA) is 50.8 Å². The number of nitrogens with one attached hydrogen (secondary N) is 1. The molecule has 4 rings (SSSR count). The minimum atomic E-state index is -0.198. The molecule has 0 aliphatic carbocycles. The van der Waals surface area contributed by atoms with Gasteiger partial charge in [0, 0.05) is 26.2 Å². The van der Waals surface area contributed by atoms with Crippen LogP contribution in [0.4, 0.5) is 4.39 Å². The Morgan fingerprint density at radius 3 is 2.47 bits per heavy atom. The molecular weight excluding hydrogens is 455 g/mol. The number of nitrogens with zero attached hydrogens (tertiary/aromatic N) is 1. The number of hydrogen-bond acceptors (Lipinski definition) is 4. The zero-order chi connectivity index (χ0) is 25.5. The van der Waals surface area contributed by atoms with Crippen LogP contribution in [0.1, 0.15) is 34.6 Å². The third kappa shape index (κ3) is 6.64. The predicted molar refractivity (Wildman–Crippen MR) is 140 cm³/mol. The Morgan fingerprint density at radius 2 is 1.75 bits per heavy atom. The fraction of sp³-hybridized carbons (Fsp3) is 0.367. The van der Waals surface area contributed by atoms with Crippen LogP contribution in [0.5, 0.6) is 11.5 Å². The maximum absolute atomic E-state index is 13.9. The van der Waals surface area contributed by atoms with Crippen LogP contribution >= 0.6 is 0 Å². The maximum atomic E-state index is 13.9. The minimum absolute atomic E-state index is 0.0719. The molecule has 3 aromatic carbocycles. The summed E-state index contributed by atoms with van der Waals surface area (Å²) in [6, 6.07) is 21.3. The quantitative estimate of drug-likeness (QED) is 0.453. The predicted octanol–water partition coefficient (Wildman–Crippen LogP) is 5.12. The van der Waals surface area contributed by atoms with E-state index in [2.05, 4.69) is 16.3 Å². The number of benzene rings is 3. The van der Waals surface area contributed by atoms with Crippen LogP contribution in [0, 0.1) is 18.7 Å². The molecule has 0 aromatic heterocycles. The normalized spacial score (nSPS) is 18.0. The maximum Gasteiger partial charge on any atom is 0.224 e. The fourth-order valence-corrected chi connectivity index (χ4v) is 4.97. The zero-order valence-corrected chi connectivity index (χ0v) is 21.3. The second-order valence-corrected chi connectivity index (χ2v) is 9.57. The second kappa shape index (κ2) is 12.0. The molecule has 1 N–H and O–H groups in total. The first kappa shape index (κ1) is 25.7. The van der Waals surface area contributed by atoms with E-state index in [9.17, 15) is 9.18 Å². The largest absolute Gasteiger partial charge is 0.497 e. The lowest BCUT2D eigenvalue weighted by Gasteiger charge is -2.37. The summed E-state index contributed by atoms with van der Waals surface area (Å²) < 4.78 is 24.5. The Labute approximate surface area is 213 Å². The highest BCUT2D eigenvalue weighted by Crippen LogP contribution is 2.32. The minimum Gasteiger partial charge on any atom is -0.497 e. The third-order valence-electron chi connectivity index (χ3n) is 6.96. The van der Waals surface area contributed by atoms with E-state index in [1.54, 1.807) is 21.1 Å². The number of piperidine rings is 1. The number of likely N-dealkylation sites (tertiary alicyclic amines) is 1. The molecule has 1 aliphatic rings. The molecule has 3 aromatic rings. The molecule has 1 fully saturated rings. The van der Waals surface area contributed by atoms with Gasteiger partial charge in [-0.25, -0.2) is 4.39 Å². The smallest absolute Gasteiger partial charge is 0.224 e. The number of halogens is 1. The van der Waals surface area contributed by atoms with Gasteiger partial charge in [-0.05, 0) is 78.3 Å². The van der Waals surface area contributed by atoms with Crippen LogP contribution < -0.4 is 14.8 Å². The van der Waals surface area contributed by atoms with Crippen molar-refractivity contribution >= 4 is 5.91 Å². The molecule has 0 bridgehead atoms. The number of amides is 1. The van der Waals surface area contributed by atoms with Crippen LogP contribution in [0.2, 0.25) is 0 Å². The van der Waals surface area contributed by atoms with Gasteiger partial charge in [0.2, 0.25) is 5.91 Å². The Bertz CT molecular complexity index is 1170. The lowest BCUT2D eigenvalue weighted by atomic mass is 9.83. The SMILES string of the molecule is COc1ccc(CCNC(=O)[C@@H]2C[C@@H](c3ccc(F)c(C)c3)CN(Cc3cccc(OC)c3)C2)cc1. The number of aryl methyl sites for hydroxylation is 1. The number of hydrogen-bond donors (Lipinski definition) is 1. The highest BCUT2D eigenvalue weighted by atomic mass is 19.1. The van der Waals surface area contributed by atoms with Crippen molar-refractivity contribution in [3.8, 4) is 11.5 Å². The lowest BCUT2D eigenvalue weighted by Crippen LogP contribution is -2.45. The van der Waals surface area contributed by atoms with E-state index in [-0.39, 0.29) is 23.6 Å². The molecule has 0 radical (unpaired) electrons. The summed E-state index contributed by atoms with van der Waals surface area (Å²) in [6.07, 6.45) is 1.50. The molecule has 36 heavy (non-hydrogen) atoms. The van der Waals surface area contributed by atoms with Crippen LogP contribution in [-0.4, -0.2) is 44.7 Å². The molecule has 1 aliphatic heterocycles. The van der Waals surface area contributed by atoms with E-state index in [1.807, 2.05) is 54.6 Å². The number of rotatable bonds is 9. The molecule has 1 saturated heterocycles. The highest BCUT2D eigenvalue weighted by Gasteiger charge is 2.32. The van der Waals surface area contributed by atoms with Gasteiger partial charge in [-0.3, -0.25) is 9.69 Å². The van der Waals surface area contributed by atoms with Crippen LogP contribution in [0.15, 0.2) is 66.7 Å². The molecular formula is C30H35FN2O3. The standard InChI is InChI=1S/C30H35FN2O3/c1-21-15-24(9-12-29(21)31)25-17-26(20-33(19-25)18-23-5-4-6-28(16-23)36-3)30(34)32-14-13-22-7-10-27(35-2)11-8-22/h4-12,15-16,25-26H,13-14,17-20H2,1-3H3,(H,32,34)/t25-,26-/m1/s1. The highest BCUT2D eigenvalue weighted by molar-refractivity contribution is 5.79. The van der Waals surface area contributed by atoms with Gasteiger partial charge in [-0.2, -0.15) is 0 Å².